The SMILES string of the molecule is C=Cc1ncnn1[C@@H]1C[C@]23C4=CC[C@@]5(C)[C@H](C(=O)O)[C@@](C)([C@H](C)C(C)C)CC[C@]5(C)[C@H]4CC[C@H]2[C@@](C)(CO[C@H]3C)[C@H]1OC[C@](C)(N)C(C)C. The van der Waals surface area contributed by atoms with Crippen LogP contribution in [0.5, 0.6) is 0 Å². The van der Waals surface area contributed by atoms with Crippen molar-refractivity contribution in [1.29, 1.82) is 0 Å². The van der Waals surface area contributed by atoms with Crippen LogP contribution in [0.1, 0.15) is 127 Å². The van der Waals surface area contributed by atoms with Crippen molar-refractivity contribution >= 4 is 12.0 Å². The largest absolute Gasteiger partial charge is 0.481 e. The van der Waals surface area contributed by atoms with Gasteiger partial charge in [-0.1, -0.05) is 80.5 Å². The van der Waals surface area contributed by atoms with Gasteiger partial charge in [-0.25, -0.2) is 9.67 Å². The molecule has 13 atom stereocenters. The van der Waals surface area contributed by atoms with E-state index in [1.54, 1.807) is 12.4 Å². The van der Waals surface area contributed by atoms with Crippen molar-refractivity contribution in [1.82, 2.24) is 14.8 Å². The second-order valence-electron chi connectivity index (χ2n) is 19.1. The number of carboxylic acids is 1. The third-order valence-corrected chi connectivity index (χ3v) is 16.6. The Morgan fingerprint density at radius 3 is 2.49 bits per heavy atom. The van der Waals surface area contributed by atoms with E-state index in [1.165, 1.54) is 5.57 Å². The molecule has 1 aromatic rings. The highest BCUT2D eigenvalue weighted by Gasteiger charge is 2.73. The molecule has 0 radical (unpaired) electrons. The van der Waals surface area contributed by atoms with Gasteiger partial charge in [0, 0.05) is 16.4 Å². The van der Waals surface area contributed by atoms with Crippen LogP contribution >= 0.6 is 0 Å². The van der Waals surface area contributed by atoms with Gasteiger partial charge < -0.3 is 20.3 Å². The zero-order valence-corrected chi connectivity index (χ0v) is 32.4. The van der Waals surface area contributed by atoms with Crippen LogP contribution in [0.25, 0.3) is 6.08 Å². The number of carboxylic acid groups (broad SMARTS) is 1. The van der Waals surface area contributed by atoms with Gasteiger partial charge in [0.2, 0.25) is 0 Å². The van der Waals surface area contributed by atoms with E-state index in [9.17, 15) is 9.90 Å². The number of ether oxygens (including phenoxy) is 2. The molecule has 0 aromatic carbocycles. The van der Waals surface area contributed by atoms with Crippen LogP contribution in [0.4, 0.5) is 0 Å². The van der Waals surface area contributed by atoms with Crippen molar-refractivity contribution in [3.63, 3.8) is 0 Å². The lowest BCUT2D eigenvalue weighted by atomic mass is 9.33. The molecule has 0 unspecified atom stereocenters. The molecule has 49 heavy (non-hydrogen) atoms. The monoisotopic (exact) mass is 679 g/mol. The lowest BCUT2D eigenvalue weighted by molar-refractivity contribution is -0.273. The molecule has 1 saturated heterocycles. The molecule has 0 amide bonds. The predicted molar refractivity (Wildman–Crippen MR) is 194 cm³/mol. The molecule has 4 fully saturated rings. The van der Waals surface area contributed by atoms with E-state index in [1.807, 2.05) is 0 Å². The molecule has 2 bridgehead atoms. The van der Waals surface area contributed by atoms with Crippen LogP contribution in [0, 0.1) is 62.6 Å². The minimum Gasteiger partial charge on any atom is -0.481 e. The lowest BCUT2D eigenvalue weighted by Crippen LogP contribution is -2.71. The van der Waals surface area contributed by atoms with Crippen molar-refractivity contribution in [2.45, 2.75) is 138 Å². The van der Waals surface area contributed by atoms with Gasteiger partial charge in [0.05, 0.1) is 37.4 Å². The van der Waals surface area contributed by atoms with Crippen LogP contribution in [0.15, 0.2) is 24.6 Å². The lowest BCUT2D eigenvalue weighted by Gasteiger charge is -2.72. The number of nitrogens with two attached hydrogens (primary N) is 1. The molecule has 6 rings (SSSR count). The zero-order valence-electron chi connectivity index (χ0n) is 32.4. The summed E-state index contributed by atoms with van der Waals surface area (Å²) >= 11 is 0. The van der Waals surface area contributed by atoms with Gasteiger partial charge in [-0.05, 0) is 104 Å². The third-order valence-electron chi connectivity index (χ3n) is 16.6. The van der Waals surface area contributed by atoms with E-state index in [2.05, 4.69) is 98.5 Å². The van der Waals surface area contributed by atoms with E-state index >= 15 is 0 Å². The maximum Gasteiger partial charge on any atom is 0.307 e. The number of aromatic nitrogens is 3. The number of nitrogens with zero attached hydrogens (tertiary/aromatic N) is 3. The maximum atomic E-state index is 13.5. The Morgan fingerprint density at radius 1 is 1.18 bits per heavy atom. The topological polar surface area (TPSA) is 112 Å². The number of hydrogen-bond acceptors (Lipinski definition) is 6. The normalized spacial score (nSPS) is 45.1. The Kier molecular flexibility index (Phi) is 9.01. The Hall–Kier alpha value is -2.03. The summed E-state index contributed by atoms with van der Waals surface area (Å²) in [5.74, 6) is 1.35. The molecule has 5 aliphatic rings. The van der Waals surface area contributed by atoms with Gasteiger partial charge in [0.15, 0.2) is 0 Å². The minimum absolute atomic E-state index is 0.00672. The van der Waals surface area contributed by atoms with E-state index in [4.69, 9.17) is 20.3 Å². The summed E-state index contributed by atoms with van der Waals surface area (Å²) in [6.45, 7) is 30.1. The summed E-state index contributed by atoms with van der Waals surface area (Å²) in [6, 6.07) is -0.0832. The van der Waals surface area contributed by atoms with Crippen LogP contribution in [0.2, 0.25) is 0 Å². The highest BCUT2D eigenvalue weighted by atomic mass is 16.5. The number of aliphatic carboxylic acids is 1. The standard InChI is InChI=1S/C41H66N4O4/c1-13-32-43-23-44-45(32)30-20-41-27(7)48-21-37(9,34(30)49-22-40(12,42)25(4)5)31(41)15-14-28-29(41)16-17-39(11)33(35(46)47)36(8,26(6)24(2)3)18-19-38(28,39)10/h13,16,23-28,30-31,33-34H,1,14-15,17-22,42H2,2-12H3,(H,46,47)/t26-,27+,28+,30-,31+,33-,34+,36-,37-,38-,39+,40+,41+/m1/s1. The highest BCUT2D eigenvalue weighted by molar-refractivity contribution is 5.73. The molecule has 8 nitrogen and oxygen atoms in total. The minimum atomic E-state index is -0.622. The van der Waals surface area contributed by atoms with Gasteiger partial charge >= 0.3 is 5.97 Å². The van der Waals surface area contributed by atoms with Gasteiger partial charge in [-0.2, -0.15) is 5.10 Å². The van der Waals surface area contributed by atoms with Gasteiger partial charge in [-0.3, -0.25) is 4.79 Å². The Morgan fingerprint density at radius 2 is 1.88 bits per heavy atom. The third kappa shape index (κ3) is 4.95. The van der Waals surface area contributed by atoms with E-state index in [0.717, 1.165) is 44.3 Å². The van der Waals surface area contributed by atoms with Crippen molar-refractivity contribution in [2.24, 2.45) is 68.3 Å². The molecule has 3 N–H and O–H groups in total. The van der Waals surface area contributed by atoms with E-state index < -0.39 is 17.4 Å². The molecule has 1 aliphatic heterocycles. The Bertz CT molecular complexity index is 1480. The average Bonchev–Trinajstić information content (AvgIpc) is 3.51. The first-order chi connectivity index (χ1) is 22.8. The molecule has 0 spiro atoms. The first-order valence-electron chi connectivity index (χ1n) is 19.2. The van der Waals surface area contributed by atoms with Crippen molar-refractivity contribution < 1.29 is 19.4 Å². The molecule has 4 aliphatic carbocycles. The average molecular weight is 679 g/mol. The summed E-state index contributed by atoms with van der Waals surface area (Å²) in [6.07, 6.45) is 11.5. The second-order valence-corrected chi connectivity index (χ2v) is 19.1. The second kappa shape index (κ2) is 12.0. The van der Waals surface area contributed by atoms with Crippen molar-refractivity contribution in [3.8, 4) is 0 Å². The predicted octanol–water partition coefficient (Wildman–Crippen LogP) is 8.20. The summed E-state index contributed by atoms with van der Waals surface area (Å²) in [7, 11) is 0. The van der Waals surface area contributed by atoms with Crippen LogP contribution in [-0.4, -0.2) is 56.8 Å². The number of allylic oxidation sites excluding steroid dienone is 1. The first-order valence-corrected chi connectivity index (χ1v) is 19.2. The Labute approximate surface area is 296 Å². The molecule has 2 heterocycles. The molecule has 1 aromatic heterocycles. The van der Waals surface area contributed by atoms with Gasteiger partial charge in [0.25, 0.3) is 0 Å². The van der Waals surface area contributed by atoms with Gasteiger partial charge in [0.1, 0.15) is 12.2 Å². The smallest absolute Gasteiger partial charge is 0.307 e. The van der Waals surface area contributed by atoms with Crippen molar-refractivity contribution in [2.75, 3.05) is 13.2 Å². The summed E-state index contributed by atoms with van der Waals surface area (Å²) in [5.41, 5.74) is 6.56. The number of carbonyl (C=O) groups is 1. The fraction of sp³-hybridized carbons (Fsp3) is 0.829. The Balaban J connectivity index is 1.49. The highest BCUT2D eigenvalue weighted by Crippen LogP contribution is 2.76. The molecular formula is C41H66N4O4. The van der Waals surface area contributed by atoms with Crippen LogP contribution in [0.3, 0.4) is 0 Å². The first kappa shape index (κ1) is 36.8. The van der Waals surface area contributed by atoms with Crippen LogP contribution in [-0.2, 0) is 14.3 Å². The maximum absolute atomic E-state index is 13.5. The molecular weight excluding hydrogens is 612 g/mol. The summed E-state index contributed by atoms with van der Waals surface area (Å²) in [5, 5.41) is 15.9. The zero-order chi connectivity index (χ0) is 36.1. The van der Waals surface area contributed by atoms with E-state index in [-0.39, 0.29) is 57.2 Å². The summed E-state index contributed by atoms with van der Waals surface area (Å²) in [4.78, 5) is 18.1. The van der Waals surface area contributed by atoms with E-state index in [0.29, 0.717) is 31.0 Å². The molecule has 274 valence electrons. The quantitative estimate of drug-likeness (QED) is 0.253. The number of hydrogen-bond donors (Lipinski definition) is 2. The summed E-state index contributed by atoms with van der Waals surface area (Å²) < 4.78 is 16.0. The van der Waals surface area contributed by atoms with Crippen molar-refractivity contribution in [3.05, 3.63) is 30.4 Å². The fourth-order valence-electron chi connectivity index (χ4n) is 12.5. The van der Waals surface area contributed by atoms with Gasteiger partial charge in [-0.15, -0.1) is 0 Å². The fourth-order valence-corrected chi connectivity index (χ4v) is 12.5. The van der Waals surface area contributed by atoms with Crippen LogP contribution < -0.4 is 5.73 Å². The number of rotatable bonds is 9. The molecule has 3 saturated carbocycles. The number of fused-ring (bicyclic) bond motifs is 3. The molecule has 8 heteroatoms.